The maximum absolute atomic E-state index is 12.5. The van der Waals surface area contributed by atoms with E-state index in [2.05, 4.69) is 4.98 Å². The van der Waals surface area contributed by atoms with Crippen molar-refractivity contribution >= 4 is 17.4 Å². The van der Waals surface area contributed by atoms with Crippen LogP contribution in [-0.2, 0) is 6.18 Å². The van der Waals surface area contributed by atoms with Crippen molar-refractivity contribution in [1.29, 1.82) is 0 Å². The fourth-order valence-electron chi connectivity index (χ4n) is 1.89. The summed E-state index contributed by atoms with van der Waals surface area (Å²) in [7, 11) is 0. The van der Waals surface area contributed by atoms with Gasteiger partial charge in [0.05, 0.1) is 5.56 Å². The average Bonchev–Trinajstić information content (AvgIpc) is 2.39. The van der Waals surface area contributed by atoms with E-state index in [-0.39, 0.29) is 5.56 Å². The highest BCUT2D eigenvalue weighted by Crippen LogP contribution is 2.30. The van der Waals surface area contributed by atoms with Crippen molar-refractivity contribution in [3.63, 3.8) is 0 Å². The molecule has 0 aliphatic heterocycles. The first-order chi connectivity index (χ1) is 9.70. The Bertz CT molecular complexity index is 711. The van der Waals surface area contributed by atoms with Crippen LogP contribution in [0.25, 0.3) is 0 Å². The van der Waals surface area contributed by atoms with Gasteiger partial charge in [0, 0.05) is 5.56 Å². The van der Waals surface area contributed by atoms with Crippen molar-refractivity contribution in [3.05, 3.63) is 63.4 Å². The Morgan fingerprint density at radius 3 is 2.33 bits per heavy atom. The van der Waals surface area contributed by atoms with Crippen LogP contribution in [0.5, 0.6) is 0 Å². The molecule has 2 rings (SSSR count). The molecule has 0 bridgehead atoms. The first kappa shape index (κ1) is 15.5. The molecule has 0 saturated carbocycles. The van der Waals surface area contributed by atoms with Crippen molar-refractivity contribution in [2.24, 2.45) is 0 Å². The third kappa shape index (κ3) is 3.24. The van der Waals surface area contributed by atoms with Crippen LogP contribution in [0.4, 0.5) is 13.2 Å². The highest BCUT2D eigenvalue weighted by Gasteiger charge is 2.33. The number of aryl methyl sites for hydroxylation is 2. The zero-order valence-electron chi connectivity index (χ0n) is 11.3. The van der Waals surface area contributed by atoms with E-state index in [9.17, 15) is 18.0 Å². The van der Waals surface area contributed by atoms with E-state index in [4.69, 9.17) is 11.6 Å². The van der Waals surface area contributed by atoms with Crippen LogP contribution < -0.4 is 0 Å². The van der Waals surface area contributed by atoms with Crippen LogP contribution in [-0.4, -0.2) is 10.8 Å². The molecule has 110 valence electrons. The van der Waals surface area contributed by atoms with Crippen molar-refractivity contribution in [1.82, 2.24) is 4.98 Å². The Morgan fingerprint density at radius 1 is 1.10 bits per heavy atom. The number of alkyl halides is 3. The zero-order valence-corrected chi connectivity index (χ0v) is 12.0. The van der Waals surface area contributed by atoms with Crippen molar-refractivity contribution in [2.75, 3.05) is 0 Å². The molecule has 21 heavy (non-hydrogen) atoms. The van der Waals surface area contributed by atoms with E-state index in [1.807, 2.05) is 13.0 Å². The van der Waals surface area contributed by atoms with E-state index >= 15 is 0 Å². The predicted octanol–water partition coefficient (Wildman–Crippen LogP) is 4.60. The summed E-state index contributed by atoms with van der Waals surface area (Å²) in [4.78, 5) is 15.7. The smallest absolute Gasteiger partial charge is 0.288 e. The van der Waals surface area contributed by atoms with Gasteiger partial charge in [0.2, 0.25) is 0 Å². The Labute approximate surface area is 124 Å². The second kappa shape index (κ2) is 5.48. The molecule has 0 spiro atoms. The van der Waals surface area contributed by atoms with Gasteiger partial charge in [0.25, 0.3) is 0 Å². The Balaban J connectivity index is 2.47. The Hall–Kier alpha value is -1.88. The summed E-state index contributed by atoms with van der Waals surface area (Å²) in [6.45, 7) is 3.57. The Morgan fingerprint density at radius 2 is 1.76 bits per heavy atom. The molecule has 6 heteroatoms. The van der Waals surface area contributed by atoms with Crippen molar-refractivity contribution in [3.8, 4) is 0 Å². The van der Waals surface area contributed by atoms with Gasteiger partial charge >= 0.3 is 6.18 Å². The molecule has 1 heterocycles. The van der Waals surface area contributed by atoms with Gasteiger partial charge in [0.1, 0.15) is 10.8 Å². The van der Waals surface area contributed by atoms with Gasteiger partial charge in [-0.25, -0.2) is 4.98 Å². The van der Waals surface area contributed by atoms with Gasteiger partial charge in [-0.05, 0) is 37.6 Å². The summed E-state index contributed by atoms with van der Waals surface area (Å²) >= 11 is 5.74. The number of benzene rings is 1. The number of ketones is 1. The lowest BCUT2D eigenvalue weighted by Gasteiger charge is -2.10. The van der Waals surface area contributed by atoms with E-state index in [0.717, 1.165) is 23.3 Å². The minimum atomic E-state index is -4.59. The highest BCUT2D eigenvalue weighted by molar-refractivity contribution is 6.33. The molecule has 0 aliphatic carbocycles. The molecule has 0 amide bonds. The fourth-order valence-corrected chi connectivity index (χ4v) is 2.13. The van der Waals surface area contributed by atoms with E-state index in [1.165, 1.54) is 0 Å². The average molecular weight is 314 g/mol. The number of aromatic nitrogens is 1. The Kier molecular flexibility index (Phi) is 4.05. The fraction of sp³-hybridized carbons (Fsp3) is 0.200. The number of carbonyl (C=O) groups is 1. The van der Waals surface area contributed by atoms with Gasteiger partial charge in [0.15, 0.2) is 5.78 Å². The summed E-state index contributed by atoms with van der Waals surface area (Å²) in [5, 5.41) is -0.448. The van der Waals surface area contributed by atoms with Gasteiger partial charge in [-0.1, -0.05) is 29.3 Å². The number of carbonyl (C=O) groups excluding carboxylic acids is 1. The molecule has 0 unspecified atom stereocenters. The maximum atomic E-state index is 12.5. The first-order valence-electron chi connectivity index (χ1n) is 6.06. The molecule has 1 aromatic heterocycles. The number of hydrogen-bond donors (Lipinski definition) is 0. The van der Waals surface area contributed by atoms with Gasteiger partial charge in [-0.2, -0.15) is 13.2 Å². The topological polar surface area (TPSA) is 30.0 Å². The molecule has 0 fully saturated rings. The summed E-state index contributed by atoms with van der Waals surface area (Å²) in [5.74, 6) is -0.442. The van der Waals surface area contributed by atoms with Crippen LogP contribution >= 0.6 is 11.6 Å². The lowest BCUT2D eigenvalue weighted by atomic mass is 9.98. The second-order valence-corrected chi connectivity index (χ2v) is 5.04. The maximum Gasteiger partial charge on any atom is 0.433 e. The second-order valence-electron chi connectivity index (χ2n) is 4.68. The monoisotopic (exact) mass is 313 g/mol. The number of hydrogen-bond acceptors (Lipinski definition) is 2. The van der Waals surface area contributed by atoms with Gasteiger partial charge in [-0.15, -0.1) is 0 Å². The lowest BCUT2D eigenvalue weighted by molar-refractivity contribution is -0.141. The van der Waals surface area contributed by atoms with E-state index < -0.39 is 22.8 Å². The molecule has 0 saturated heterocycles. The lowest BCUT2D eigenvalue weighted by Crippen LogP contribution is -2.11. The highest BCUT2D eigenvalue weighted by atomic mass is 35.5. The first-order valence-corrected chi connectivity index (χ1v) is 6.43. The van der Waals surface area contributed by atoms with Gasteiger partial charge < -0.3 is 0 Å². The molecular weight excluding hydrogens is 303 g/mol. The third-order valence-electron chi connectivity index (χ3n) is 3.02. The molecule has 0 aliphatic rings. The largest absolute Gasteiger partial charge is 0.433 e. The number of nitrogens with zero attached hydrogens (tertiary/aromatic N) is 1. The minimum Gasteiger partial charge on any atom is -0.288 e. The van der Waals surface area contributed by atoms with Crippen LogP contribution in [0, 0.1) is 13.8 Å². The molecule has 2 aromatic rings. The molecular formula is C15H11ClF3NO. The van der Waals surface area contributed by atoms with Crippen molar-refractivity contribution < 1.29 is 18.0 Å². The number of pyridine rings is 1. The van der Waals surface area contributed by atoms with Gasteiger partial charge in [-0.3, -0.25) is 4.79 Å². The summed E-state index contributed by atoms with van der Waals surface area (Å²) in [5.41, 5.74) is 0.836. The van der Waals surface area contributed by atoms with E-state index in [0.29, 0.717) is 5.56 Å². The summed E-state index contributed by atoms with van der Waals surface area (Å²) < 4.78 is 37.6. The molecule has 0 radical (unpaired) electrons. The quantitative estimate of drug-likeness (QED) is 0.599. The predicted molar refractivity (Wildman–Crippen MR) is 73.6 cm³/mol. The molecule has 1 aromatic carbocycles. The zero-order chi connectivity index (χ0) is 15.8. The number of halogens is 4. The van der Waals surface area contributed by atoms with Crippen LogP contribution in [0.1, 0.15) is 32.7 Å². The summed E-state index contributed by atoms with van der Waals surface area (Å²) in [6, 6.07) is 7.10. The normalized spacial score (nSPS) is 11.5. The van der Waals surface area contributed by atoms with Crippen LogP contribution in [0.3, 0.4) is 0 Å². The molecule has 0 N–H and O–H groups in total. The summed E-state index contributed by atoms with van der Waals surface area (Å²) in [6.07, 6.45) is -4.59. The molecule has 2 nitrogen and oxygen atoms in total. The SMILES string of the molecule is Cc1ccc(C)c(C(=O)c2ccc(C(F)(F)F)nc2Cl)c1. The minimum absolute atomic E-state index is 0.0432. The van der Waals surface area contributed by atoms with Crippen molar-refractivity contribution in [2.45, 2.75) is 20.0 Å². The molecule has 0 atom stereocenters. The van der Waals surface area contributed by atoms with Crippen LogP contribution in [0.15, 0.2) is 30.3 Å². The standard InChI is InChI=1S/C15H11ClF3NO/c1-8-3-4-9(2)11(7-8)13(21)10-5-6-12(15(17,18)19)20-14(10)16/h3-7H,1-2H3. The third-order valence-corrected chi connectivity index (χ3v) is 3.31. The van der Waals surface area contributed by atoms with E-state index in [1.54, 1.807) is 19.1 Å². The van der Waals surface area contributed by atoms with Crippen LogP contribution in [0.2, 0.25) is 5.15 Å². The number of rotatable bonds is 2.